The molecule has 5 nitrogen and oxygen atoms in total. The third kappa shape index (κ3) is 38.4. The van der Waals surface area contributed by atoms with E-state index in [2.05, 4.69) is 62.5 Å². The Morgan fingerprint density at radius 1 is 0.460 bits per heavy atom. The van der Waals surface area contributed by atoms with E-state index in [1.165, 1.54) is 116 Å². The number of hydrogen-bond acceptors (Lipinski definition) is 5. The van der Waals surface area contributed by atoms with Crippen LogP contribution in [0.25, 0.3) is 0 Å². The molecule has 0 aliphatic heterocycles. The maximum Gasteiger partial charge on any atom is 0.306 e. The van der Waals surface area contributed by atoms with Gasteiger partial charge in [0.25, 0.3) is 0 Å². The SMILES string of the molecule is CCCCCC=CCC=CCC=CCC=CCC=CCCC(=O)OC[C@H](CO)OC(=O)CCCCCCCCCCCCCCCCCCC. The summed E-state index contributed by atoms with van der Waals surface area (Å²) in [5, 5.41) is 9.56. The van der Waals surface area contributed by atoms with Gasteiger partial charge in [0, 0.05) is 12.8 Å². The van der Waals surface area contributed by atoms with Crippen molar-refractivity contribution < 1.29 is 24.2 Å². The molecule has 0 radical (unpaired) electrons. The van der Waals surface area contributed by atoms with Gasteiger partial charge in [-0.25, -0.2) is 0 Å². The Hall–Kier alpha value is -2.40. The third-order valence-corrected chi connectivity index (χ3v) is 8.83. The topological polar surface area (TPSA) is 72.8 Å². The van der Waals surface area contributed by atoms with Crippen molar-refractivity contribution in [2.75, 3.05) is 13.2 Å². The quantitative estimate of drug-likeness (QED) is 0.0397. The van der Waals surface area contributed by atoms with Crippen molar-refractivity contribution in [2.24, 2.45) is 0 Å². The van der Waals surface area contributed by atoms with Gasteiger partial charge in [0.2, 0.25) is 0 Å². The Bertz CT molecular complexity index is 884. The molecule has 0 aromatic rings. The van der Waals surface area contributed by atoms with Crippen LogP contribution in [-0.4, -0.2) is 36.4 Å². The molecule has 50 heavy (non-hydrogen) atoms. The second-order valence-corrected chi connectivity index (χ2v) is 13.7. The Labute approximate surface area is 309 Å². The summed E-state index contributed by atoms with van der Waals surface area (Å²) in [7, 11) is 0. The predicted molar refractivity (Wildman–Crippen MR) is 214 cm³/mol. The standard InChI is InChI=1S/C45H78O5/c1-3-5-7-9-11-13-15-17-19-21-22-24-25-27-29-31-33-35-37-39-44(47)49-42-43(41-46)50-45(48)40-38-36-34-32-30-28-26-23-20-18-16-14-12-10-8-6-4-2/h11,13,17,19,22,24,27,29,33,35,43,46H,3-10,12,14-16,18,20-21,23,25-26,28,30-32,34,36-42H2,1-2H3/t43-/m0/s1. The van der Waals surface area contributed by atoms with Crippen LogP contribution in [-0.2, 0) is 19.1 Å². The number of carbonyl (C=O) groups excluding carboxylic acids is 2. The molecule has 0 bridgehead atoms. The molecule has 0 spiro atoms. The number of hydrogen-bond donors (Lipinski definition) is 1. The lowest BCUT2D eigenvalue weighted by Crippen LogP contribution is -2.28. The van der Waals surface area contributed by atoms with Gasteiger partial charge in [-0.2, -0.15) is 0 Å². The van der Waals surface area contributed by atoms with Crippen molar-refractivity contribution in [3.05, 3.63) is 60.8 Å². The molecule has 0 aliphatic rings. The molecule has 5 heteroatoms. The molecular formula is C45H78O5. The number of carbonyl (C=O) groups is 2. The lowest BCUT2D eigenvalue weighted by Gasteiger charge is -2.15. The molecule has 1 N–H and O–H groups in total. The molecule has 0 saturated carbocycles. The molecular weight excluding hydrogens is 620 g/mol. The zero-order chi connectivity index (χ0) is 36.4. The second-order valence-electron chi connectivity index (χ2n) is 13.7. The van der Waals surface area contributed by atoms with Gasteiger partial charge in [-0.15, -0.1) is 0 Å². The smallest absolute Gasteiger partial charge is 0.306 e. The van der Waals surface area contributed by atoms with Crippen LogP contribution in [0.4, 0.5) is 0 Å². The highest BCUT2D eigenvalue weighted by Gasteiger charge is 2.15. The van der Waals surface area contributed by atoms with Gasteiger partial charge in [0.05, 0.1) is 6.61 Å². The number of esters is 2. The van der Waals surface area contributed by atoms with Gasteiger partial charge >= 0.3 is 11.9 Å². The highest BCUT2D eigenvalue weighted by Crippen LogP contribution is 2.15. The van der Waals surface area contributed by atoms with E-state index in [4.69, 9.17) is 9.47 Å². The van der Waals surface area contributed by atoms with Crippen LogP contribution >= 0.6 is 0 Å². The molecule has 0 saturated heterocycles. The Balaban J connectivity index is 3.66. The molecule has 0 aromatic heterocycles. The van der Waals surface area contributed by atoms with Crippen molar-refractivity contribution >= 4 is 11.9 Å². The van der Waals surface area contributed by atoms with E-state index >= 15 is 0 Å². The lowest BCUT2D eigenvalue weighted by atomic mass is 10.0. The Kier molecular flexibility index (Phi) is 39.1. The van der Waals surface area contributed by atoms with Crippen LogP contribution in [0.2, 0.25) is 0 Å². The van der Waals surface area contributed by atoms with Gasteiger partial charge in [0.15, 0.2) is 6.10 Å². The van der Waals surface area contributed by atoms with E-state index in [-0.39, 0.29) is 31.6 Å². The van der Waals surface area contributed by atoms with Crippen LogP contribution in [0.15, 0.2) is 60.8 Å². The van der Waals surface area contributed by atoms with E-state index in [0.29, 0.717) is 12.8 Å². The molecule has 0 fully saturated rings. The fourth-order valence-electron chi connectivity index (χ4n) is 5.65. The maximum atomic E-state index is 12.2. The first-order valence-corrected chi connectivity index (χ1v) is 20.8. The minimum atomic E-state index is -0.801. The van der Waals surface area contributed by atoms with Gasteiger partial charge < -0.3 is 14.6 Å². The fourth-order valence-corrected chi connectivity index (χ4v) is 5.65. The van der Waals surface area contributed by atoms with Crippen molar-refractivity contribution in [2.45, 2.75) is 200 Å². The lowest BCUT2D eigenvalue weighted by molar-refractivity contribution is -0.161. The normalized spacial score (nSPS) is 12.8. The molecule has 0 aliphatic carbocycles. The average molecular weight is 699 g/mol. The zero-order valence-corrected chi connectivity index (χ0v) is 32.6. The van der Waals surface area contributed by atoms with Crippen molar-refractivity contribution in [1.82, 2.24) is 0 Å². The summed E-state index contributed by atoms with van der Waals surface area (Å²) >= 11 is 0. The first-order valence-electron chi connectivity index (χ1n) is 20.8. The summed E-state index contributed by atoms with van der Waals surface area (Å²) in [5.74, 6) is -0.684. The van der Waals surface area contributed by atoms with Gasteiger partial charge in [-0.3, -0.25) is 9.59 Å². The number of allylic oxidation sites excluding steroid dienone is 10. The summed E-state index contributed by atoms with van der Waals surface area (Å²) < 4.78 is 10.6. The summed E-state index contributed by atoms with van der Waals surface area (Å²) in [6.45, 7) is 4.05. The largest absolute Gasteiger partial charge is 0.462 e. The number of aliphatic hydroxyl groups excluding tert-OH is 1. The fraction of sp³-hybridized carbons (Fsp3) is 0.733. The minimum absolute atomic E-state index is 0.105. The number of rotatable bonds is 37. The first kappa shape index (κ1) is 47.6. The maximum absolute atomic E-state index is 12.2. The second kappa shape index (κ2) is 41.0. The van der Waals surface area contributed by atoms with Crippen LogP contribution in [0.5, 0.6) is 0 Å². The Morgan fingerprint density at radius 3 is 1.28 bits per heavy atom. The summed E-state index contributed by atoms with van der Waals surface area (Å²) in [4.78, 5) is 24.3. The van der Waals surface area contributed by atoms with Gasteiger partial charge in [0.1, 0.15) is 6.61 Å². The predicted octanol–water partition coefficient (Wildman–Crippen LogP) is 13.2. The van der Waals surface area contributed by atoms with Crippen molar-refractivity contribution in [3.63, 3.8) is 0 Å². The van der Waals surface area contributed by atoms with Crippen LogP contribution in [0, 0.1) is 0 Å². The minimum Gasteiger partial charge on any atom is -0.462 e. The number of ether oxygens (including phenoxy) is 2. The molecule has 0 heterocycles. The molecule has 0 unspecified atom stereocenters. The summed E-state index contributed by atoms with van der Waals surface area (Å²) in [6.07, 6.45) is 52.9. The van der Waals surface area contributed by atoms with Gasteiger partial charge in [-0.1, -0.05) is 190 Å². The van der Waals surface area contributed by atoms with E-state index in [1.807, 2.05) is 12.2 Å². The number of aliphatic hydroxyl groups is 1. The van der Waals surface area contributed by atoms with Crippen molar-refractivity contribution in [1.29, 1.82) is 0 Å². The van der Waals surface area contributed by atoms with E-state index < -0.39 is 6.10 Å². The van der Waals surface area contributed by atoms with Crippen LogP contribution < -0.4 is 0 Å². The summed E-state index contributed by atoms with van der Waals surface area (Å²) in [6, 6.07) is 0. The van der Waals surface area contributed by atoms with Gasteiger partial charge in [-0.05, 0) is 51.4 Å². The van der Waals surface area contributed by atoms with E-state index in [1.54, 1.807) is 0 Å². The van der Waals surface area contributed by atoms with Crippen LogP contribution in [0.3, 0.4) is 0 Å². The molecule has 0 aromatic carbocycles. The zero-order valence-electron chi connectivity index (χ0n) is 32.6. The third-order valence-electron chi connectivity index (χ3n) is 8.83. The molecule has 288 valence electrons. The van der Waals surface area contributed by atoms with E-state index in [9.17, 15) is 14.7 Å². The first-order chi connectivity index (χ1) is 24.6. The van der Waals surface area contributed by atoms with E-state index in [0.717, 1.165) is 44.9 Å². The molecule has 1 atom stereocenters. The Morgan fingerprint density at radius 2 is 0.840 bits per heavy atom. The number of unbranched alkanes of at least 4 members (excludes halogenated alkanes) is 19. The highest BCUT2D eigenvalue weighted by atomic mass is 16.6. The summed E-state index contributed by atoms with van der Waals surface area (Å²) in [5.41, 5.74) is 0. The highest BCUT2D eigenvalue weighted by molar-refractivity contribution is 5.70. The van der Waals surface area contributed by atoms with Crippen LogP contribution in [0.1, 0.15) is 194 Å². The van der Waals surface area contributed by atoms with Crippen molar-refractivity contribution in [3.8, 4) is 0 Å². The monoisotopic (exact) mass is 699 g/mol. The average Bonchev–Trinajstić information content (AvgIpc) is 3.12. The molecule has 0 amide bonds. The molecule has 0 rings (SSSR count).